The lowest BCUT2D eigenvalue weighted by molar-refractivity contribution is 0.415. The van der Waals surface area contributed by atoms with E-state index in [4.69, 9.17) is 4.74 Å². The number of methoxy groups -OCH3 is 1. The Morgan fingerprint density at radius 2 is 1.71 bits per heavy atom. The number of aryl methyl sites for hydroxylation is 1. The topological polar surface area (TPSA) is 55.4 Å². The van der Waals surface area contributed by atoms with E-state index in [9.17, 15) is 8.42 Å². The van der Waals surface area contributed by atoms with Crippen molar-refractivity contribution in [1.29, 1.82) is 0 Å². The molecule has 126 valence electrons. The third-order valence-corrected chi connectivity index (χ3v) is 4.86. The lowest BCUT2D eigenvalue weighted by Gasteiger charge is -2.05. The van der Waals surface area contributed by atoms with Crippen LogP contribution < -0.4 is 9.46 Å². The Kier molecular flexibility index (Phi) is 6.42. The SMILES string of the molecule is CCCc1ccc(S(=O)(=O)NCC#Cc2ccc(OC)cc2)cc1. The summed E-state index contributed by atoms with van der Waals surface area (Å²) in [5.41, 5.74) is 1.94. The number of hydrogen-bond donors (Lipinski definition) is 1. The summed E-state index contributed by atoms with van der Waals surface area (Å²) in [6.07, 6.45) is 1.98. The van der Waals surface area contributed by atoms with Crippen LogP contribution in [0.4, 0.5) is 0 Å². The van der Waals surface area contributed by atoms with Crippen molar-refractivity contribution in [1.82, 2.24) is 4.72 Å². The Balaban J connectivity index is 1.96. The fourth-order valence-electron chi connectivity index (χ4n) is 2.16. The highest BCUT2D eigenvalue weighted by molar-refractivity contribution is 7.89. The molecule has 0 spiro atoms. The van der Waals surface area contributed by atoms with Gasteiger partial charge in [-0.15, -0.1) is 0 Å². The van der Waals surface area contributed by atoms with E-state index in [1.165, 1.54) is 0 Å². The lowest BCUT2D eigenvalue weighted by atomic mass is 10.1. The third kappa shape index (κ3) is 5.12. The molecule has 0 aromatic heterocycles. The van der Waals surface area contributed by atoms with Crippen LogP contribution in [0, 0.1) is 11.8 Å². The molecule has 1 N–H and O–H groups in total. The lowest BCUT2D eigenvalue weighted by Crippen LogP contribution is -2.24. The monoisotopic (exact) mass is 343 g/mol. The molecule has 24 heavy (non-hydrogen) atoms. The normalized spacial score (nSPS) is 10.8. The van der Waals surface area contributed by atoms with Gasteiger partial charge in [-0.25, -0.2) is 8.42 Å². The quantitative estimate of drug-likeness (QED) is 0.821. The maximum atomic E-state index is 12.2. The molecule has 0 saturated heterocycles. The molecule has 0 amide bonds. The van der Waals surface area contributed by atoms with Gasteiger partial charge in [0.05, 0.1) is 18.6 Å². The highest BCUT2D eigenvalue weighted by Crippen LogP contribution is 2.12. The van der Waals surface area contributed by atoms with E-state index >= 15 is 0 Å². The molecule has 0 saturated carbocycles. The van der Waals surface area contributed by atoms with Gasteiger partial charge in [-0.3, -0.25) is 0 Å². The van der Waals surface area contributed by atoms with Gasteiger partial charge >= 0.3 is 0 Å². The first-order valence-corrected chi connectivity index (χ1v) is 9.25. The highest BCUT2D eigenvalue weighted by atomic mass is 32.2. The third-order valence-electron chi connectivity index (χ3n) is 3.45. The fraction of sp³-hybridized carbons (Fsp3) is 0.263. The van der Waals surface area contributed by atoms with Gasteiger partial charge in [-0.05, 0) is 48.4 Å². The van der Waals surface area contributed by atoms with Crippen molar-refractivity contribution in [2.75, 3.05) is 13.7 Å². The van der Waals surface area contributed by atoms with Gasteiger partial charge in [-0.2, -0.15) is 4.72 Å². The molecule has 4 nitrogen and oxygen atoms in total. The molecule has 0 atom stereocenters. The molecule has 0 aliphatic heterocycles. The van der Waals surface area contributed by atoms with Gasteiger partial charge in [0, 0.05) is 5.56 Å². The molecule has 0 aliphatic carbocycles. The largest absolute Gasteiger partial charge is 0.497 e. The number of rotatable bonds is 6. The Hall–Kier alpha value is -2.29. The molecule has 0 unspecified atom stereocenters. The maximum Gasteiger partial charge on any atom is 0.241 e. The molecule has 2 rings (SSSR count). The zero-order chi connectivity index (χ0) is 17.4. The highest BCUT2D eigenvalue weighted by Gasteiger charge is 2.12. The van der Waals surface area contributed by atoms with Gasteiger partial charge in [0.2, 0.25) is 10.0 Å². The van der Waals surface area contributed by atoms with Crippen molar-refractivity contribution < 1.29 is 13.2 Å². The minimum Gasteiger partial charge on any atom is -0.497 e. The second kappa shape index (κ2) is 8.53. The van der Waals surface area contributed by atoms with Crippen LogP contribution in [-0.4, -0.2) is 22.1 Å². The van der Waals surface area contributed by atoms with Crippen molar-refractivity contribution >= 4 is 10.0 Å². The van der Waals surface area contributed by atoms with Crippen LogP contribution in [0.1, 0.15) is 24.5 Å². The first-order valence-electron chi connectivity index (χ1n) is 7.76. The number of nitrogens with one attached hydrogen (secondary N) is 1. The first kappa shape index (κ1) is 18.1. The Bertz CT molecular complexity index is 814. The summed E-state index contributed by atoms with van der Waals surface area (Å²) in [7, 11) is -1.93. The Morgan fingerprint density at radius 1 is 1.04 bits per heavy atom. The smallest absolute Gasteiger partial charge is 0.241 e. The summed E-state index contributed by atoms with van der Waals surface area (Å²) in [5.74, 6) is 6.49. The fourth-order valence-corrected chi connectivity index (χ4v) is 3.08. The van der Waals surface area contributed by atoms with Crippen LogP contribution in [0.2, 0.25) is 0 Å². The van der Waals surface area contributed by atoms with Crippen LogP contribution in [0.15, 0.2) is 53.4 Å². The molecule has 0 fully saturated rings. The van der Waals surface area contributed by atoms with Gasteiger partial charge in [0.15, 0.2) is 0 Å². The van der Waals surface area contributed by atoms with E-state index < -0.39 is 10.0 Å². The van der Waals surface area contributed by atoms with Crippen LogP contribution in [-0.2, 0) is 16.4 Å². The molecule has 0 aliphatic rings. The van der Waals surface area contributed by atoms with Crippen molar-refractivity contribution in [3.8, 4) is 17.6 Å². The van der Waals surface area contributed by atoms with Crippen LogP contribution >= 0.6 is 0 Å². The summed E-state index contributed by atoms with van der Waals surface area (Å²) < 4.78 is 32.0. The summed E-state index contributed by atoms with van der Waals surface area (Å²) in [6, 6.07) is 14.2. The Labute approximate surface area is 143 Å². The summed E-state index contributed by atoms with van der Waals surface area (Å²) in [6.45, 7) is 2.15. The van der Waals surface area contributed by atoms with Crippen molar-refractivity contribution in [2.45, 2.75) is 24.7 Å². The average molecular weight is 343 g/mol. The minimum absolute atomic E-state index is 0.0606. The van der Waals surface area contributed by atoms with Crippen LogP contribution in [0.25, 0.3) is 0 Å². The second-order valence-corrected chi connectivity index (χ2v) is 7.02. The molecule has 5 heteroatoms. The summed E-state index contributed by atoms with van der Waals surface area (Å²) in [5, 5.41) is 0. The first-order chi connectivity index (χ1) is 11.5. The predicted molar refractivity (Wildman–Crippen MR) is 95.5 cm³/mol. The van der Waals surface area contributed by atoms with Crippen molar-refractivity contribution in [3.05, 3.63) is 59.7 Å². The molecule has 2 aromatic carbocycles. The van der Waals surface area contributed by atoms with Gasteiger partial charge in [0.25, 0.3) is 0 Å². The molecular weight excluding hydrogens is 322 g/mol. The molecular formula is C19H21NO3S. The molecule has 0 bridgehead atoms. The number of hydrogen-bond acceptors (Lipinski definition) is 3. The number of sulfonamides is 1. The predicted octanol–water partition coefficient (Wildman–Crippen LogP) is 2.98. The van der Waals surface area contributed by atoms with E-state index in [0.717, 1.165) is 29.7 Å². The van der Waals surface area contributed by atoms with Crippen molar-refractivity contribution in [2.24, 2.45) is 0 Å². The van der Waals surface area contributed by atoms with Gasteiger partial charge in [-0.1, -0.05) is 37.3 Å². The minimum atomic E-state index is -3.53. The van der Waals surface area contributed by atoms with Crippen LogP contribution in [0.5, 0.6) is 5.75 Å². The Morgan fingerprint density at radius 3 is 2.29 bits per heavy atom. The molecule has 0 radical (unpaired) electrons. The molecule has 0 heterocycles. The number of ether oxygens (including phenoxy) is 1. The summed E-state index contributed by atoms with van der Waals surface area (Å²) >= 11 is 0. The maximum absolute atomic E-state index is 12.2. The molecule has 2 aromatic rings. The van der Waals surface area contributed by atoms with E-state index in [0.29, 0.717) is 0 Å². The standard InChI is InChI=1S/C19H21NO3S/c1-3-5-16-9-13-19(14-10-16)24(21,22)20-15-4-6-17-7-11-18(23-2)12-8-17/h7-14,20H,3,5,15H2,1-2H3. The zero-order valence-corrected chi connectivity index (χ0v) is 14.7. The second-order valence-electron chi connectivity index (χ2n) is 5.25. The van der Waals surface area contributed by atoms with E-state index in [1.54, 1.807) is 19.2 Å². The van der Waals surface area contributed by atoms with Gasteiger partial charge in [0.1, 0.15) is 5.75 Å². The van der Waals surface area contributed by atoms with E-state index in [-0.39, 0.29) is 11.4 Å². The van der Waals surface area contributed by atoms with E-state index in [2.05, 4.69) is 23.5 Å². The van der Waals surface area contributed by atoms with E-state index in [1.807, 2.05) is 36.4 Å². The van der Waals surface area contributed by atoms with Gasteiger partial charge < -0.3 is 4.74 Å². The summed E-state index contributed by atoms with van der Waals surface area (Å²) in [4.78, 5) is 0.258. The number of benzene rings is 2. The zero-order valence-electron chi connectivity index (χ0n) is 13.9. The van der Waals surface area contributed by atoms with Crippen LogP contribution in [0.3, 0.4) is 0 Å². The average Bonchev–Trinajstić information content (AvgIpc) is 2.60. The van der Waals surface area contributed by atoms with Crippen molar-refractivity contribution in [3.63, 3.8) is 0 Å².